The van der Waals surface area contributed by atoms with E-state index in [1.807, 2.05) is 0 Å². The van der Waals surface area contributed by atoms with Gasteiger partial charge in [-0.2, -0.15) is 0 Å². The standard InChI is InChI=1S/C31H55NO7S/c1-7-20-23-14-19(33)12-13-30(23,5)24-15-26(34)31(6)21(9-10-22(31)28(24)29(20)36)18(4)8-11-27(35)32-25(17(2)3)16-40(37,38)39/h17-26,28-29,33-34,36H,7-16H2,1-6H3,(H,32,35)(H,37,38,39)/p-1/t18-,19-,20-,21-,22+,23+,24+,25+,26+,28+,29-,30+,31-/m1/s1. The Morgan fingerprint density at radius 3 is 2.30 bits per heavy atom. The molecular formula is C31H54NO7S-. The predicted molar refractivity (Wildman–Crippen MR) is 153 cm³/mol. The summed E-state index contributed by atoms with van der Waals surface area (Å²) in [6.45, 7) is 12.5. The van der Waals surface area contributed by atoms with E-state index in [4.69, 9.17) is 0 Å². The van der Waals surface area contributed by atoms with Crippen LogP contribution in [0.2, 0.25) is 0 Å². The summed E-state index contributed by atoms with van der Waals surface area (Å²) in [5.41, 5.74) is -0.330. The van der Waals surface area contributed by atoms with Crippen molar-refractivity contribution < 1.29 is 33.1 Å². The Morgan fingerprint density at radius 1 is 1.02 bits per heavy atom. The smallest absolute Gasteiger partial charge is 0.220 e. The van der Waals surface area contributed by atoms with Crippen molar-refractivity contribution in [3.8, 4) is 0 Å². The van der Waals surface area contributed by atoms with Crippen LogP contribution >= 0.6 is 0 Å². The van der Waals surface area contributed by atoms with Crippen LogP contribution in [0.4, 0.5) is 0 Å². The molecule has 40 heavy (non-hydrogen) atoms. The van der Waals surface area contributed by atoms with E-state index < -0.39 is 34.1 Å². The lowest BCUT2D eigenvalue weighted by atomic mass is 9.41. The van der Waals surface area contributed by atoms with E-state index in [0.717, 1.165) is 38.5 Å². The minimum absolute atomic E-state index is 0.0123. The molecule has 4 rings (SSSR count). The van der Waals surface area contributed by atoms with Crippen LogP contribution in [-0.2, 0) is 14.9 Å². The molecule has 4 aliphatic carbocycles. The molecule has 0 aromatic heterocycles. The highest BCUT2D eigenvalue weighted by atomic mass is 32.2. The maximum Gasteiger partial charge on any atom is 0.220 e. The Hall–Kier alpha value is -0.740. The van der Waals surface area contributed by atoms with Crippen molar-refractivity contribution in [2.45, 2.75) is 124 Å². The van der Waals surface area contributed by atoms with Gasteiger partial charge in [-0.1, -0.05) is 48.0 Å². The monoisotopic (exact) mass is 584 g/mol. The number of nitrogens with one attached hydrogen (secondary N) is 1. The summed E-state index contributed by atoms with van der Waals surface area (Å²) in [6, 6.07) is -0.707. The molecule has 0 aromatic carbocycles. The fourth-order valence-corrected chi connectivity index (χ4v) is 11.3. The third kappa shape index (κ3) is 5.76. The molecule has 4 fully saturated rings. The number of rotatable bonds is 9. The molecule has 9 heteroatoms. The Bertz CT molecular complexity index is 1020. The molecule has 0 spiro atoms. The molecule has 4 aliphatic rings. The number of hydrogen-bond donors (Lipinski definition) is 4. The topological polar surface area (TPSA) is 147 Å². The molecule has 0 aromatic rings. The van der Waals surface area contributed by atoms with E-state index in [2.05, 4.69) is 33.0 Å². The second kappa shape index (κ2) is 11.7. The van der Waals surface area contributed by atoms with Crippen LogP contribution in [0.15, 0.2) is 0 Å². The van der Waals surface area contributed by atoms with Crippen LogP contribution in [0, 0.1) is 58.2 Å². The zero-order valence-corrected chi connectivity index (χ0v) is 26.2. The molecule has 4 saturated carbocycles. The zero-order chi connectivity index (χ0) is 29.8. The molecule has 4 N–H and O–H groups in total. The summed E-state index contributed by atoms with van der Waals surface area (Å²) in [5.74, 6) is 0.378. The van der Waals surface area contributed by atoms with Crippen LogP contribution < -0.4 is 5.32 Å². The highest BCUT2D eigenvalue weighted by molar-refractivity contribution is 7.85. The second-order valence-electron chi connectivity index (χ2n) is 14.9. The van der Waals surface area contributed by atoms with E-state index in [0.29, 0.717) is 12.8 Å². The first-order valence-electron chi connectivity index (χ1n) is 15.8. The van der Waals surface area contributed by atoms with Gasteiger partial charge in [0.05, 0.1) is 34.2 Å². The third-order valence-corrected chi connectivity index (χ3v) is 13.4. The lowest BCUT2D eigenvalue weighted by Crippen LogP contribution is -2.65. The lowest BCUT2D eigenvalue weighted by molar-refractivity contribution is -0.228. The molecule has 0 saturated heterocycles. The van der Waals surface area contributed by atoms with Crippen molar-refractivity contribution in [3.63, 3.8) is 0 Å². The van der Waals surface area contributed by atoms with Crippen LogP contribution in [0.5, 0.6) is 0 Å². The fourth-order valence-electron chi connectivity index (χ4n) is 10.3. The van der Waals surface area contributed by atoms with Gasteiger partial charge in [0, 0.05) is 12.5 Å². The SMILES string of the molecule is CC[C@H]1[C@@H](O)[C@@H]2[C@H](C[C@H](O)[C@]3(C)[C@@H]([C@H](C)CCC(=O)N[C@@H](CS(=O)(=O)[O-])C(C)C)CC[C@@H]23)[C@@]2(C)CC[C@@H](O)C[C@@H]12. The van der Waals surface area contributed by atoms with Gasteiger partial charge < -0.3 is 25.2 Å². The van der Waals surface area contributed by atoms with Crippen LogP contribution in [0.3, 0.4) is 0 Å². The Morgan fingerprint density at radius 2 is 1.70 bits per heavy atom. The van der Waals surface area contributed by atoms with Crippen molar-refractivity contribution in [2.75, 3.05) is 5.75 Å². The van der Waals surface area contributed by atoms with Gasteiger partial charge in [0.15, 0.2) is 0 Å². The van der Waals surface area contributed by atoms with Gasteiger partial charge in [0.1, 0.15) is 0 Å². The van der Waals surface area contributed by atoms with E-state index in [-0.39, 0.29) is 76.6 Å². The van der Waals surface area contributed by atoms with E-state index in [9.17, 15) is 33.1 Å². The Labute approximate surface area is 241 Å². The van der Waals surface area contributed by atoms with E-state index in [1.165, 1.54) is 0 Å². The van der Waals surface area contributed by atoms with Crippen molar-refractivity contribution in [1.82, 2.24) is 5.32 Å². The number of hydrogen-bond acceptors (Lipinski definition) is 7. The number of aliphatic hydroxyl groups excluding tert-OH is 3. The van der Waals surface area contributed by atoms with Crippen molar-refractivity contribution in [2.24, 2.45) is 58.2 Å². The summed E-state index contributed by atoms with van der Waals surface area (Å²) < 4.78 is 33.9. The summed E-state index contributed by atoms with van der Waals surface area (Å²) >= 11 is 0. The number of fused-ring (bicyclic) bond motifs is 5. The molecule has 1 amide bonds. The molecular weight excluding hydrogens is 530 g/mol. The number of aliphatic hydroxyl groups is 3. The molecule has 8 nitrogen and oxygen atoms in total. The molecule has 0 unspecified atom stereocenters. The zero-order valence-electron chi connectivity index (χ0n) is 25.4. The average molecular weight is 585 g/mol. The molecule has 0 radical (unpaired) electrons. The second-order valence-corrected chi connectivity index (χ2v) is 16.3. The number of amides is 1. The van der Waals surface area contributed by atoms with Crippen LogP contribution in [-0.4, -0.2) is 64.3 Å². The van der Waals surface area contributed by atoms with E-state index >= 15 is 0 Å². The summed E-state index contributed by atoms with van der Waals surface area (Å²) in [7, 11) is -4.45. The quantitative estimate of drug-likeness (QED) is 0.302. The maximum absolute atomic E-state index is 12.8. The minimum atomic E-state index is -4.45. The Balaban J connectivity index is 1.48. The van der Waals surface area contributed by atoms with Gasteiger partial charge in [0.2, 0.25) is 5.91 Å². The first-order chi connectivity index (χ1) is 18.5. The highest BCUT2D eigenvalue weighted by Gasteiger charge is 2.67. The molecule has 0 bridgehead atoms. The predicted octanol–water partition coefficient (Wildman–Crippen LogP) is 3.69. The third-order valence-electron chi connectivity index (χ3n) is 12.6. The first kappa shape index (κ1) is 32.2. The number of carbonyl (C=O) groups is 1. The molecule has 13 atom stereocenters. The van der Waals surface area contributed by atoms with Crippen molar-refractivity contribution >= 4 is 16.0 Å². The van der Waals surface area contributed by atoms with Gasteiger partial charge in [-0.25, -0.2) is 8.42 Å². The number of carbonyl (C=O) groups excluding carboxylic acids is 1. The van der Waals surface area contributed by atoms with Crippen LogP contribution in [0.25, 0.3) is 0 Å². The van der Waals surface area contributed by atoms with Crippen molar-refractivity contribution in [1.29, 1.82) is 0 Å². The van der Waals surface area contributed by atoms with E-state index in [1.54, 1.807) is 13.8 Å². The van der Waals surface area contributed by atoms with Gasteiger partial charge in [-0.15, -0.1) is 0 Å². The lowest BCUT2D eigenvalue weighted by Gasteiger charge is -2.65. The van der Waals surface area contributed by atoms with Gasteiger partial charge in [-0.3, -0.25) is 4.79 Å². The van der Waals surface area contributed by atoms with Gasteiger partial charge in [-0.05, 0) is 103 Å². The largest absolute Gasteiger partial charge is 0.748 e. The maximum atomic E-state index is 12.8. The summed E-state index contributed by atoms with van der Waals surface area (Å²) in [5, 5.41) is 37.0. The normalized spacial score (nSPS) is 44.8. The minimum Gasteiger partial charge on any atom is -0.748 e. The van der Waals surface area contributed by atoms with Crippen molar-refractivity contribution in [3.05, 3.63) is 0 Å². The fraction of sp³-hybridized carbons (Fsp3) is 0.968. The summed E-state index contributed by atoms with van der Waals surface area (Å²) in [4.78, 5) is 12.8. The molecule has 0 aliphatic heterocycles. The summed E-state index contributed by atoms with van der Waals surface area (Å²) in [6.07, 6.45) is 5.61. The highest BCUT2D eigenvalue weighted by Crippen LogP contribution is 2.69. The first-order valence-corrected chi connectivity index (χ1v) is 17.4. The van der Waals surface area contributed by atoms with Crippen LogP contribution in [0.1, 0.15) is 99.3 Å². The molecule has 0 heterocycles. The Kier molecular flexibility index (Phi) is 9.45. The van der Waals surface area contributed by atoms with Gasteiger partial charge >= 0.3 is 0 Å². The average Bonchev–Trinajstić information content (AvgIpc) is 3.22. The molecule has 232 valence electrons. The van der Waals surface area contributed by atoms with Gasteiger partial charge in [0.25, 0.3) is 0 Å².